The molecule has 6 heteroatoms. The van der Waals surface area contributed by atoms with E-state index in [-0.39, 0.29) is 30.2 Å². The topological polar surface area (TPSA) is 47.5 Å². The smallest absolute Gasteiger partial charge is 0.129 e. The van der Waals surface area contributed by atoms with Gasteiger partial charge in [0.15, 0.2) is 0 Å². The standard InChI is InChI=1S/C16H24FN3O.ClH/c17-14-4-3-5-15(20-6-1-2-7-20)13(14)10-18-8-12-9-19-11-16(12)21;/h3-5,12,16,18-19,21H,1-2,6-11H2;1H. The average Bonchev–Trinajstić information content (AvgIpc) is 3.13. The van der Waals surface area contributed by atoms with Crippen molar-refractivity contribution in [2.75, 3.05) is 37.6 Å². The Morgan fingerprint density at radius 2 is 2.05 bits per heavy atom. The van der Waals surface area contributed by atoms with Gasteiger partial charge in [-0.2, -0.15) is 0 Å². The van der Waals surface area contributed by atoms with E-state index in [0.717, 1.165) is 30.9 Å². The van der Waals surface area contributed by atoms with Crippen LogP contribution in [-0.2, 0) is 6.54 Å². The predicted octanol–water partition coefficient (Wildman–Crippen LogP) is 1.52. The van der Waals surface area contributed by atoms with E-state index in [1.807, 2.05) is 6.07 Å². The van der Waals surface area contributed by atoms with E-state index in [9.17, 15) is 9.50 Å². The number of halogens is 2. The van der Waals surface area contributed by atoms with Crippen LogP contribution in [0.5, 0.6) is 0 Å². The molecule has 1 aromatic carbocycles. The molecule has 2 saturated heterocycles. The predicted molar refractivity (Wildman–Crippen MR) is 89.2 cm³/mol. The van der Waals surface area contributed by atoms with Crippen LogP contribution in [0.4, 0.5) is 10.1 Å². The monoisotopic (exact) mass is 329 g/mol. The van der Waals surface area contributed by atoms with Gasteiger partial charge in [-0.05, 0) is 25.0 Å². The molecule has 0 bridgehead atoms. The zero-order chi connectivity index (χ0) is 14.7. The van der Waals surface area contributed by atoms with Gasteiger partial charge in [0.25, 0.3) is 0 Å². The highest BCUT2D eigenvalue weighted by atomic mass is 35.5. The lowest BCUT2D eigenvalue weighted by molar-refractivity contribution is 0.146. The Bertz CT molecular complexity index is 482. The lowest BCUT2D eigenvalue weighted by Gasteiger charge is -2.22. The van der Waals surface area contributed by atoms with Gasteiger partial charge in [0, 0.05) is 56.4 Å². The normalized spacial score (nSPS) is 24.5. The van der Waals surface area contributed by atoms with Crippen molar-refractivity contribution < 1.29 is 9.50 Å². The fourth-order valence-electron chi connectivity index (χ4n) is 3.29. The summed E-state index contributed by atoms with van der Waals surface area (Å²) in [6.45, 7) is 4.74. The van der Waals surface area contributed by atoms with Gasteiger partial charge >= 0.3 is 0 Å². The van der Waals surface area contributed by atoms with E-state index in [4.69, 9.17) is 0 Å². The maximum atomic E-state index is 14.2. The first-order valence-electron chi connectivity index (χ1n) is 7.87. The third kappa shape index (κ3) is 3.90. The number of aliphatic hydroxyl groups is 1. The summed E-state index contributed by atoms with van der Waals surface area (Å²) >= 11 is 0. The highest BCUT2D eigenvalue weighted by Crippen LogP contribution is 2.26. The van der Waals surface area contributed by atoms with Crippen molar-refractivity contribution in [2.24, 2.45) is 5.92 Å². The molecule has 0 radical (unpaired) electrons. The van der Waals surface area contributed by atoms with E-state index >= 15 is 0 Å². The minimum absolute atomic E-state index is 0. The molecule has 0 amide bonds. The Morgan fingerprint density at radius 1 is 1.27 bits per heavy atom. The summed E-state index contributed by atoms with van der Waals surface area (Å²) in [6.07, 6.45) is 2.07. The second-order valence-corrected chi connectivity index (χ2v) is 6.05. The van der Waals surface area contributed by atoms with Gasteiger partial charge in [0.1, 0.15) is 5.82 Å². The van der Waals surface area contributed by atoms with Crippen LogP contribution in [0.3, 0.4) is 0 Å². The summed E-state index contributed by atoms with van der Waals surface area (Å²) in [5.74, 6) is 0.0732. The van der Waals surface area contributed by atoms with E-state index in [2.05, 4.69) is 15.5 Å². The van der Waals surface area contributed by atoms with Crippen LogP contribution in [0, 0.1) is 11.7 Å². The van der Waals surface area contributed by atoms with Crippen LogP contribution in [-0.4, -0.2) is 43.9 Å². The van der Waals surface area contributed by atoms with Crippen LogP contribution in [0.25, 0.3) is 0 Å². The van der Waals surface area contributed by atoms with Crippen molar-refractivity contribution in [1.82, 2.24) is 10.6 Å². The van der Waals surface area contributed by atoms with Crippen molar-refractivity contribution in [1.29, 1.82) is 0 Å². The molecule has 22 heavy (non-hydrogen) atoms. The molecule has 3 rings (SSSR count). The first-order valence-corrected chi connectivity index (χ1v) is 7.87. The van der Waals surface area contributed by atoms with Crippen LogP contribution in [0.2, 0.25) is 0 Å². The largest absolute Gasteiger partial charge is 0.391 e. The number of nitrogens with zero attached hydrogens (tertiary/aromatic N) is 1. The van der Waals surface area contributed by atoms with Gasteiger partial charge in [0.05, 0.1) is 6.10 Å². The highest BCUT2D eigenvalue weighted by Gasteiger charge is 2.24. The summed E-state index contributed by atoms with van der Waals surface area (Å²) in [5, 5.41) is 16.3. The van der Waals surface area contributed by atoms with E-state index in [1.54, 1.807) is 6.07 Å². The summed E-state index contributed by atoms with van der Waals surface area (Å²) in [6, 6.07) is 5.33. The molecule has 2 atom stereocenters. The highest BCUT2D eigenvalue weighted by molar-refractivity contribution is 5.85. The molecule has 2 aliphatic rings. The molecule has 0 aliphatic carbocycles. The molecule has 0 spiro atoms. The van der Waals surface area contributed by atoms with Gasteiger partial charge < -0.3 is 20.6 Å². The Labute approximate surface area is 137 Å². The maximum absolute atomic E-state index is 14.2. The molecule has 124 valence electrons. The number of rotatable bonds is 5. The summed E-state index contributed by atoms with van der Waals surface area (Å²) in [7, 11) is 0. The Balaban J connectivity index is 0.00000176. The van der Waals surface area contributed by atoms with E-state index in [0.29, 0.717) is 19.6 Å². The first-order chi connectivity index (χ1) is 10.3. The summed E-state index contributed by atoms with van der Waals surface area (Å²) in [4.78, 5) is 2.27. The van der Waals surface area contributed by atoms with Crippen molar-refractivity contribution in [3.8, 4) is 0 Å². The molecule has 4 nitrogen and oxygen atoms in total. The number of benzene rings is 1. The van der Waals surface area contributed by atoms with Crippen LogP contribution < -0.4 is 15.5 Å². The third-order valence-electron chi connectivity index (χ3n) is 4.55. The molecule has 2 unspecified atom stereocenters. The second-order valence-electron chi connectivity index (χ2n) is 6.05. The molecule has 2 heterocycles. The Hall–Kier alpha value is -0.880. The van der Waals surface area contributed by atoms with E-state index < -0.39 is 0 Å². The van der Waals surface area contributed by atoms with Crippen molar-refractivity contribution in [2.45, 2.75) is 25.5 Å². The average molecular weight is 330 g/mol. The zero-order valence-corrected chi connectivity index (χ0v) is 13.5. The number of anilines is 1. The summed E-state index contributed by atoms with van der Waals surface area (Å²) < 4.78 is 14.2. The molecule has 0 saturated carbocycles. The first kappa shape index (κ1) is 17.5. The SMILES string of the molecule is Cl.OC1CNCC1CNCc1c(F)cccc1N1CCCC1. The zero-order valence-electron chi connectivity index (χ0n) is 12.7. The van der Waals surface area contributed by atoms with Crippen LogP contribution in [0.15, 0.2) is 18.2 Å². The minimum Gasteiger partial charge on any atom is -0.391 e. The lowest BCUT2D eigenvalue weighted by atomic mass is 10.1. The molecular weight excluding hydrogens is 305 g/mol. The Morgan fingerprint density at radius 3 is 2.73 bits per heavy atom. The number of β-amino-alcohol motifs (C(OH)–C–C–N with tert-alkyl or cyclic N) is 1. The van der Waals surface area contributed by atoms with Crippen molar-refractivity contribution in [3.63, 3.8) is 0 Å². The molecule has 2 aliphatic heterocycles. The number of aliphatic hydroxyl groups excluding tert-OH is 1. The molecular formula is C16H25ClFN3O. The fourth-order valence-corrected chi connectivity index (χ4v) is 3.29. The second kappa shape index (κ2) is 8.11. The van der Waals surface area contributed by atoms with Gasteiger partial charge in [-0.15, -0.1) is 12.4 Å². The van der Waals surface area contributed by atoms with Crippen molar-refractivity contribution >= 4 is 18.1 Å². The van der Waals surface area contributed by atoms with Crippen LogP contribution in [0.1, 0.15) is 18.4 Å². The number of hydrogen-bond donors (Lipinski definition) is 3. The molecule has 0 aromatic heterocycles. The maximum Gasteiger partial charge on any atom is 0.129 e. The summed E-state index contributed by atoms with van der Waals surface area (Å²) in [5.41, 5.74) is 1.77. The van der Waals surface area contributed by atoms with Gasteiger partial charge in [-0.3, -0.25) is 0 Å². The molecule has 3 N–H and O–H groups in total. The fraction of sp³-hybridized carbons (Fsp3) is 0.625. The van der Waals surface area contributed by atoms with Gasteiger partial charge in [0.2, 0.25) is 0 Å². The van der Waals surface area contributed by atoms with E-state index in [1.165, 1.54) is 18.9 Å². The van der Waals surface area contributed by atoms with Gasteiger partial charge in [-0.1, -0.05) is 6.07 Å². The lowest BCUT2D eigenvalue weighted by Crippen LogP contribution is -2.31. The molecule has 2 fully saturated rings. The number of hydrogen-bond acceptors (Lipinski definition) is 4. The Kier molecular flexibility index (Phi) is 6.44. The van der Waals surface area contributed by atoms with Crippen LogP contribution >= 0.6 is 12.4 Å². The number of nitrogens with one attached hydrogen (secondary N) is 2. The van der Waals surface area contributed by atoms with Gasteiger partial charge in [-0.25, -0.2) is 4.39 Å². The minimum atomic E-state index is -0.295. The molecule has 1 aromatic rings. The van der Waals surface area contributed by atoms with Crippen molar-refractivity contribution in [3.05, 3.63) is 29.6 Å². The third-order valence-corrected chi connectivity index (χ3v) is 4.55. The quantitative estimate of drug-likeness (QED) is 0.766.